The molecule has 3 aromatic rings. The van der Waals surface area contributed by atoms with Crippen LogP contribution in [-0.2, 0) is 17.9 Å². The van der Waals surface area contributed by atoms with Crippen LogP contribution in [0.15, 0.2) is 65.7 Å². The number of ether oxygens (including phenoxy) is 1. The number of hydrogen-bond acceptors (Lipinski definition) is 6. The van der Waals surface area contributed by atoms with Gasteiger partial charge >= 0.3 is 0 Å². The lowest BCUT2D eigenvalue weighted by Crippen LogP contribution is -2.42. The lowest BCUT2D eigenvalue weighted by Gasteiger charge is -2.30. The van der Waals surface area contributed by atoms with Crippen LogP contribution in [0.4, 0.5) is 0 Å². The number of aryl methyl sites for hydroxylation is 1. The second-order valence-corrected chi connectivity index (χ2v) is 9.14. The van der Waals surface area contributed by atoms with Gasteiger partial charge in [0.2, 0.25) is 5.91 Å². The predicted octanol–water partition coefficient (Wildman–Crippen LogP) is 4.11. The summed E-state index contributed by atoms with van der Waals surface area (Å²) in [5, 5.41) is 1.06. The van der Waals surface area contributed by atoms with Gasteiger partial charge in [-0.2, -0.15) is 0 Å². The molecule has 162 valence electrons. The summed E-state index contributed by atoms with van der Waals surface area (Å²) in [7, 11) is 1.66. The van der Waals surface area contributed by atoms with Crippen LogP contribution in [0.5, 0.6) is 5.75 Å². The summed E-state index contributed by atoms with van der Waals surface area (Å²) in [6.07, 6.45) is 2.08. The zero-order valence-electron chi connectivity index (χ0n) is 18.1. The molecule has 0 saturated heterocycles. The van der Waals surface area contributed by atoms with E-state index in [1.807, 2.05) is 66.4 Å². The van der Waals surface area contributed by atoms with Gasteiger partial charge in [-0.25, -0.2) is 9.98 Å². The smallest absolute Gasteiger partial charge is 0.242 e. The highest BCUT2D eigenvalue weighted by atomic mass is 32.1. The quantitative estimate of drug-likeness (QED) is 0.594. The van der Waals surface area contributed by atoms with Gasteiger partial charge < -0.3 is 14.5 Å². The van der Waals surface area contributed by atoms with Crippen LogP contribution in [0.25, 0.3) is 5.70 Å². The van der Waals surface area contributed by atoms with Crippen molar-refractivity contribution in [1.29, 1.82) is 0 Å². The summed E-state index contributed by atoms with van der Waals surface area (Å²) in [4.78, 5) is 27.8. The summed E-state index contributed by atoms with van der Waals surface area (Å²) in [5.41, 5.74) is 3.96. The first-order valence-electron chi connectivity index (χ1n) is 10.6. The monoisotopic (exact) mass is 444 g/mol. The molecule has 0 N–H and O–H groups in total. The highest BCUT2D eigenvalue weighted by Crippen LogP contribution is 2.29. The lowest BCUT2D eigenvalue weighted by atomic mass is 10.1. The van der Waals surface area contributed by atoms with Gasteiger partial charge in [-0.05, 0) is 37.3 Å². The molecule has 2 aromatic carbocycles. The summed E-state index contributed by atoms with van der Waals surface area (Å²) in [6.45, 7) is 4.16. The number of amides is 1. The molecule has 6 nitrogen and oxygen atoms in total. The number of amidine groups is 1. The summed E-state index contributed by atoms with van der Waals surface area (Å²) < 4.78 is 5.27. The maximum atomic E-state index is 13.1. The van der Waals surface area contributed by atoms with E-state index in [9.17, 15) is 4.79 Å². The number of aromatic nitrogens is 1. The first-order chi connectivity index (χ1) is 15.6. The minimum atomic E-state index is 0.0952. The van der Waals surface area contributed by atoms with Gasteiger partial charge in [-0.3, -0.25) is 4.79 Å². The lowest BCUT2D eigenvalue weighted by molar-refractivity contribution is -0.132. The Morgan fingerprint density at radius 3 is 2.56 bits per heavy atom. The number of carbonyl (C=O) groups excluding carboxylic acids is 1. The van der Waals surface area contributed by atoms with Crippen LogP contribution in [0.1, 0.15) is 26.7 Å². The molecule has 0 fully saturated rings. The second-order valence-electron chi connectivity index (χ2n) is 7.85. The molecule has 0 spiro atoms. The zero-order valence-corrected chi connectivity index (χ0v) is 18.9. The fraction of sp³-hybridized carbons (Fsp3) is 0.240. The molecule has 0 atom stereocenters. The number of fused-ring (bicyclic) bond motifs is 1. The third-order valence-corrected chi connectivity index (χ3v) is 6.69. The van der Waals surface area contributed by atoms with E-state index in [-0.39, 0.29) is 12.5 Å². The molecule has 2 aliphatic rings. The fourth-order valence-corrected chi connectivity index (χ4v) is 5.00. The van der Waals surface area contributed by atoms with Crippen molar-refractivity contribution in [2.24, 2.45) is 4.99 Å². The number of carbonyl (C=O) groups is 1. The van der Waals surface area contributed by atoms with Crippen molar-refractivity contribution >= 4 is 28.8 Å². The van der Waals surface area contributed by atoms with E-state index in [1.165, 1.54) is 4.88 Å². The maximum Gasteiger partial charge on any atom is 0.242 e. The topological polar surface area (TPSA) is 58.0 Å². The van der Waals surface area contributed by atoms with Gasteiger partial charge in [-0.15, -0.1) is 11.3 Å². The SMILES string of the molecule is COc1ccc(C2=CCN(CC(=O)N3Cc4nc(C)sc4C3)C(c3ccccc3)=N2)cc1. The highest BCUT2D eigenvalue weighted by molar-refractivity contribution is 7.11. The number of benzene rings is 2. The number of nitrogens with zero attached hydrogens (tertiary/aromatic N) is 4. The molecule has 32 heavy (non-hydrogen) atoms. The molecule has 1 amide bonds. The first kappa shape index (κ1) is 20.5. The van der Waals surface area contributed by atoms with Crippen molar-refractivity contribution in [3.63, 3.8) is 0 Å². The minimum absolute atomic E-state index is 0.0952. The second kappa shape index (κ2) is 8.59. The maximum absolute atomic E-state index is 13.1. The van der Waals surface area contributed by atoms with Gasteiger partial charge in [0.05, 0.1) is 43.1 Å². The average molecular weight is 445 g/mol. The Morgan fingerprint density at radius 2 is 1.84 bits per heavy atom. The summed E-state index contributed by atoms with van der Waals surface area (Å²) >= 11 is 1.68. The third kappa shape index (κ3) is 4.03. The van der Waals surface area contributed by atoms with E-state index in [4.69, 9.17) is 9.73 Å². The Morgan fingerprint density at radius 1 is 1.06 bits per heavy atom. The fourth-order valence-electron chi connectivity index (χ4n) is 4.04. The van der Waals surface area contributed by atoms with Crippen molar-refractivity contribution in [3.8, 4) is 5.75 Å². The number of thiazole rings is 1. The molecule has 0 unspecified atom stereocenters. The van der Waals surface area contributed by atoms with Gasteiger partial charge in [0.25, 0.3) is 0 Å². The molecule has 2 aliphatic heterocycles. The van der Waals surface area contributed by atoms with Crippen molar-refractivity contribution < 1.29 is 9.53 Å². The van der Waals surface area contributed by atoms with Crippen LogP contribution in [-0.4, -0.2) is 46.7 Å². The van der Waals surface area contributed by atoms with Crippen molar-refractivity contribution in [2.45, 2.75) is 20.0 Å². The van der Waals surface area contributed by atoms with E-state index >= 15 is 0 Å². The molecule has 5 rings (SSSR count). The van der Waals surface area contributed by atoms with E-state index in [0.717, 1.165) is 39.1 Å². The minimum Gasteiger partial charge on any atom is -0.497 e. The number of rotatable bonds is 5. The molecule has 3 heterocycles. The number of hydrogen-bond donors (Lipinski definition) is 0. The Hall–Kier alpha value is -3.45. The van der Waals surface area contributed by atoms with Gasteiger partial charge in [0, 0.05) is 22.5 Å². The molecule has 0 saturated carbocycles. The zero-order chi connectivity index (χ0) is 22.1. The first-order valence-corrected chi connectivity index (χ1v) is 11.4. The highest BCUT2D eigenvalue weighted by Gasteiger charge is 2.29. The molecule has 0 radical (unpaired) electrons. The van der Waals surface area contributed by atoms with E-state index < -0.39 is 0 Å². The normalized spacial score (nSPS) is 15.3. The Balaban J connectivity index is 1.37. The standard InChI is InChI=1S/C25H24N4O2S/c1-17-26-22-14-29(15-23(22)32-17)24(30)16-28-13-12-21(18-8-10-20(31-2)11-9-18)27-25(28)19-6-4-3-5-7-19/h3-12H,13-16H2,1-2H3. The predicted molar refractivity (Wildman–Crippen MR) is 127 cm³/mol. The third-order valence-electron chi connectivity index (χ3n) is 5.69. The van der Waals surface area contributed by atoms with Crippen LogP contribution in [0.2, 0.25) is 0 Å². The molecule has 0 bridgehead atoms. The largest absolute Gasteiger partial charge is 0.497 e. The van der Waals surface area contributed by atoms with Gasteiger partial charge in [-0.1, -0.05) is 30.3 Å². The molecule has 7 heteroatoms. The Kier molecular flexibility index (Phi) is 5.49. The van der Waals surface area contributed by atoms with Crippen molar-refractivity contribution in [3.05, 3.63) is 87.4 Å². The van der Waals surface area contributed by atoms with Crippen LogP contribution < -0.4 is 4.74 Å². The van der Waals surface area contributed by atoms with Gasteiger partial charge in [0.1, 0.15) is 11.6 Å². The van der Waals surface area contributed by atoms with Crippen molar-refractivity contribution in [1.82, 2.24) is 14.8 Å². The number of aliphatic imine (C=N–C) groups is 1. The number of methoxy groups -OCH3 is 1. The summed E-state index contributed by atoms with van der Waals surface area (Å²) in [6, 6.07) is 17.9. The van der Waals surface area contributed by atoms with Crippen molar-refractivity contribution in [2.75, 3.05) is 20.2 Å². The molecule has 0 aliphatic carbocycles. The average Bonchev–Trinajstić information content (AvgIpc) is 3.38. The van der Waals surface area contributed by atoms with E-state index in [2.05, 4.69) is 16.0 Å². The molecular formula is C25H24N4O2S. The molecule has 1 aromatic heterocycles. The Labute approximate surface area is 191 Å². The molecular weight excluding hydrogens is 420 g/mol. The van der Waals surface area contributed by atoms with Crippen LogP contribution in [0, 0.1) is 6.92 Å². The van der Waals surface area contributed by atoms with Crippen LogP contribution in [0.3, 0.4) is 0 Å². The van der Waals surface area contributed by atoms with Gasteiger partial charge in [0.15, 0.2) is 0 Å². The van der Waals surface area contributed by atoms with Crippen LogP contribution >= 0.6 is 11.3 Å². The van der Waals surface area contributed by atoms with E-state index in [0.29, 0.717) is 19.6 Å². The summed E-state index contributed by atoms with van der Waals surface area (Å²) in [5.74, 6) is 1.72. The Bertz CT molecular complexity index is 1170. The van der Waals surface area contributed by atoms with E-state index in [1.54, 1.807) is 18.4 Å².